The topological polar surface area (TPSA) is 47.3 Å². The average Bonchev–Trinajstić information content (AvgIpc) is 2.62. The van der Waals surface area contributed by atoms with Gasteiger partial charge in [-0.25, -0.2) is 0 Å². The molecule has 0 aliphatic carbocycles. The number of thiophene rings is 1. The molecule has 1 aromatic heterocycles. The van der Waals surface area contributed by atoms with Crippen LogP contribution in [0.1, 0.15) is 43.2 Å². The second-order valence-electron chi connectivity index (χ2n) is 4.82. The van der Waals surface area contributed by atoms with Crippen molar-refractivity contribution in [2.24, 2.45) is 5.84 Å². The smallest absolute Gasteiger partial charge is 0.0623 e. The maximum Gasteiger partial charge on any atom is 0.0623 e. The van der Waals surface area contributed by atoms with Crippen LogP contribution in [0.5, 0.6) is 0 Å². The molecule has 1 atom stereocenters. The molecule has 1 unspecified atom stereocenters. The van der Waals surface area contributed by atoms with Crippen LogP contribution in [0.3, 0.4) is 0 Å². The van der Waals surface area contributed by atoms with Gasteiger partial charge in [-0.2, -0.15) is 0 Å². The molecule has 1 rings (SSSR count). The number of methoxy groups -OCH3 is 1. The number of aryl methyl sites for hydroxylation is 1. The summed E-state index contributed by atoms with van der Waals surface area (Å²) >= 11 is 7.90. The molecule has 1 aromatic rings. The highest BCUT2D eigenvalue weighted by Gasteiger charge is 2.22. The number of hydrazine groups is 1. The first-order valence-electron chi connectivity index (χ1n) is 5.66. The quantitative estimate of drug-likeness (QED) is 0.618. The largest absolute Gasteiger partial charge is 0.379 e. The fourth-order valence-electron chi connectivity index (χ4n) is 1.57. The Morgan fingerprint density at radius 1 is 1.59 bits per heavy atom. The van der Waals surface area contributed by atoms with E-state index in [9.17, 15) is 0 Å². The van der Waals surface area contributed by atoms with Gasteiger partial charge in [0.05, 0.1) is 16.7 Å². The van der Waals surface area contributed by atoms with Crippen LogP contribution in [-0.2, 0) is 4.74 Å². The third-order valence-electron chi connectivity index (χ3n) is 3.03. The standard InChI is InChI=1S/C12H21ClN2OS/c1-8-7-17-11(10(8)13)9(15-14)5-6-12(2,3)16-4/h7,9,15H,5-6,14H2,1-4H3. The molecule has 0 aliphatic heterocycles. The Morgan fingerprint density at radius 2 is 2.24 bits per heavy atom. The number of nitrogens with one attached hydrogen (secondary N) is 1. The Kier molecular flexibility index (Phi) is 5.41. The van der Waals surface area contributed by atoms with Crippen molar-refractivity contribution in [3.05, 3.63) is 20.8 Å². The minimum atomic E-state index is -0.131. The van der Waals surface area contributed by atoms with E-state index in [-0.39, 0.29) is 11.6 Å². The van der Waals surface area contributed by atoms with Crippen LogP contribution in [0.4, 0.5) is 0 Å². The Balaban J connectivity index is 2.70. The molecule has 5 heteroatoms. The molecule has 0 amide bonds. The number of halogens is 1. The Morgan fingerprint density at radius 3 is 2.65 bits per heavy atom. The molecule has 0 aliphatic rings. The van der Waals surface area contributed by atoms with Gasteiger partial charge in [-0.1, -0.05) is 11.6 Å². The zero-order valence-electron chi connectivity index (χ0n) is 10.8. The molecule has 3 nitrogen and oxygen atoms in total. The van der Waals surface area contributed by atoms with Gasteiger partial charge in [0.15, 0.2) is 0 Å². The second kappa shape index (κ2) is 6.16. The van der Waals surface area contributed by atoms with Crippen molar-refractivity contribution < 1.29 is 4.74 Å². The highest BCUT2D eigenvalue weighted by molar-refractivity contribution is 7.10. The third-order valence-corrected chi connectivity index (χ3v) is 4.86. The van der Waals surface area contributed by atoms with Gasteiger partial charge in [-0.05, 0) is 44.6 Å². The van der Waals surface area contributed by atoms with Crippen LogP contribution in [0, 0.1) is 6.92 Å². The van der Waals surface area contributed by atoms with Crippen molar-refractivity contribution in [2.75, 3.05) is 7.11 Å². The molecule has 0 fully saturated rings. The number of hydrogen-bond donors (Lipinski definition) is 2. The average molecular weight is 277 g/mol. The van der Waals surface area contributed by atoms with Crippen LogP contribution in [0.15, 0.2) is 5.38 Å². The SMILES string of the molecule is COC(C)(C)CCC(NN)c1scc(C)c1Cl. The van der Waals surface area contributed by atoms with E-state index in [1.54, 1.807) is 18.4 Å². The molecule has 1 heterocycles. The molecule has 0 saturated heterocycles. The summed E-state index contributed by atoms with van der Waals surface area (Å²) in [5.41, 5.74) is 3.82. The molecule has 0 bridgehead atoms. The fraction of sp³-hybridized carbons (Fsp3) is 0.667. The lowest BCUT2D eigenvalue weighted by Gasteiger charge is -2.25. The van der Waals surface area contributed by atoms with E-state index < -0.39 is 0 Å². The predicted octanol–water partition coefficient (Wildman–Crippen LogP) is 3.42. The number of hydrogen-bond acceptors (Lipinski definition) is 4. The van der Waals surface area contributed by atoms with Gasteiger partial charge >= 0.3 is 0 Å². The van der Waals surface area contributed by atoms with Gasteiger partial charge in [0, 0.05) is 12.0 Å². The summed E-state index contributed by atoms with van der Waals surface area (Å²) in [5.74, 6) is 5.61. The Bertz CT molecular complexity index is 365. The molecule has 0 aromatic carbocycles. The van der Waals surface area contributed by atoms with E-state index in [1.165, 1.54) is 0 Å². The van der Waals surface area contributed by atoms with Gasteiger partial charge in [-0.3, -0.25) is 11.3 Å². The lowest BCUT2D eigenvalue weighted by molar-refractivity contribution is 0.0117. The van der Waals surface area contributed by atoms with E-state index in [1.807, 2.05) is 6.92 Å². The molecule has 98 valence electrons. The number of rotatable bonds is 6. The highest BCUT2D eigenvalue weighted by atomic mass is 35.5. The van der Waals surface area contributed by atoms with E-state index in [0.29, 0.717) is 0 Å². The van der Waals surface area contributed by atoms with E-state index in [4.69, 9.17) is 22.2 Å². The molecule has 3 N–H and O–H groups in total. The lowest BCUT2D eigenvalue weighted by Crippen LogP contribution is -2.30. The van der Waals surface area contributed by atoms with Crippen molar-refractivity contribution >= 4 is 22.9 Å². The van der Waals surface area contributed by atoms with Crippen LogP contribution < -0.4 is 11.3 Å². The van der Waals surface area contributed by atoms with Crippen molar-refractivity contribution in [1.82, 2.24) is 5.43 Å². The van der Waals surface area contributed by atoms with Crippen molar-refractivity contribution in [3.63, 3.8) is 0 Å². The summed E-state index contributed by atoms with van der Waals surface area (Å²) in [7, 11) is 1.73. The van der Waals surface area contributed by atoms with Gasteiger partial charge in [-0.15, -0.1) is 11.3 Å². The lowest BCUT2D eigenvalue weighted by atomic mass is 9.98. The first-order valence-corrected chi connectivity index (χ1v) is 6.92. The number of ether oxygens (including phenoxy) is 1. The fourth-order valence-corrected chi connectivity index (χ4v) is 2.99. The Hall–Kier alpha value is -0.130. The van der Waals surface area contributed by atoms with Crippen LogP contribution in [-0.4, -0.2) is 12.7 Å². The highest BCUT2D eigenvalue weighted by Crippen LogP contribution is 2.35. The zero-order chi connectivity index (χ0) is 13.1. The van der Waals surface area contributed by atoms with Crippen molar-refractivity contribution in [2.45, 2.75) is 45.3 Å². The molecular weight excluding hydrogens is 256 g/mol. The zero-order valence-corrected chi connectivity index (χ0v) is 12.4. The summed E-state index contributed by atoms with van der Waals surface area (Å²) < 4.78 is 5.41. The molecule has 0 saturated carbocycles. The van der Waals surface area contributed by atoms with Gasteiger partial charge in [0.1, 0.15) is 0 Å². The van der Waals surface area contributed by atoms with Crippen LogP contribution in [0.2, 0.25) is 5.02 Å². The van der Waals surface area contributed by atoms with Gasteiger partial charge in [0.25, 0.3) is 0 Å². The first-order chi connectivity index (χ1) is 7.91. The van der Waals surface area contributed by atoms with Gasteiger partial charge in [0.2, 0.25) is 0 Å². The van der Waals surface area contributed by atoms with Gasteiger partial charge < -0.3 is 4.74 Å². The minimum Gasteiger partial charge on any atom is -0.379 e. The maximum atomic E-state index is 6.25. The predicted molar refractivity (Wildman–Crippen MR) is 74.5 cm³/mol. The molecule has 0 spiro atoms. The molecular formula is C12H21ClN2OS. The minimum absolute atomic E-state index is 0.0932. The van der Waals surface area contributed by atoms with E-state index in [2.05, 4.69) is 24.7 Å². The first kappa shape index (κ1) is 14.9. The maximum absolute atomic E-state index is 6.25. The molecule has 17 heavy (non-hydrogen) atoms. The normalized spacial score (nSPS) is 14.0. The van der Waals surface area contributed by atoms with Crippen LogP contribution in [0.25, 0.3) is 0 Å². The van der Waals surface area contributed by atoms with Crippen molar-refractivity contribution in [3.8, 4) is 0 Å². The summed E-state index contributed by atoms with van der Waals surface area (Å²) in [4.78, 5) is 1.11. The monoisotopic (exact) mass is 276 g/mol. The van der Waals surface area contributed by atoms with E-state index in [0.717, 1.165) is 28.3 Å². The number of nitrogens with two attached hydrogens (primary N) is 1. The van der Waals surface area contributed by atoms with Crippen LogP contribution >= 0.6 is 22.9 Å². The summed E-state index contributed by atoms with van der Waals surface area (Å²) in [6.07, 6.45) is 1.82. The third kappa shape index (κ3) is 3.93. The second-order valence-corrected chi connectivity index (χ2v) is 6.11. The summed E-state index contributed by atoms with van der Waals surface area (Å²) in [6.45, 7) is 6.15. The summed E-state index contributed by atoms with van der Waals surface area (Å²) in [6, 6.07) is 0.0932. The molecule has 0 radical (unpaired) electrons. The van der Waals surface area contributed by atoms with Crippen molar-refractivity contribution in [1.29, 1.82) is 0 Å². The Labute approximate surface area is 112 Å². The van der Waals surface area contributed by atoms with E-state index >= 15 is 0 Å². The summed E-state index contributed by atoms with van der Waals surface area (Å²) in [5, 5.41) is 2.89.